The second-order valence-corrected chi connectivity index (χ2v) is 2.97. The molecular weight excluding hydrogens is 393 g/mol. The molecule has 0 amide bonds. The summed E-state index contributed by atoms with van der Waals surface area (Å²) in [4.78, 5) is 0. The van der Waals surface area contributed by atoms with Gasteiger partial charge in [-0.15, -0.1) is 0 Å². The third-order valence-electron chi connectivity index (χ3n) is 1.46. The number of nitrogens with zero attached hydrogens (tertiary/aromatic N) is 3. The van der Waals surface area contributed by atoms with Crippen LogP contribution in [0.15, 0.2) is 0 Å². The maximum absolute atomic E-state index is 8.07. The summed E-state index contributed by atoms with van der Waals surface area (Å²) < 4.78 is 0. The van der Waals surface area contributed by atoms with Crippen molar-refractivity contribution in [3.8, 4) is 0 Å². The fourth-order valence-corrected chi connectivity index (χ4v) is 0.158. The van der Waals surface area contributed by atoms with Crippen LogP contribution in [0.2, 0.25) is 0 Å². The number of rotatable bonds is 5. The molecule has 0 unspecified atom stereocenters. The summed E-state index contributed by atoms with van der Waals surface area (Å²) in [6, 6.07) is 0. The molecule has 0 rings (SSSR count). The largest absolute Gasteiger partial charge is 0.665 e. The van der Waals surface area contributed by atoms with Crippen LogP contribution in [-0.4, -0.2) is 52.5 Å². The van der Waals surface area contributed by atoms with E-state index in [0.29, 0.717) is 6.61 Å². The number of hydrogen-bond acceptors (Lipinski definition) is 1. The number of aliphatic hydroxyl groups excluding tert-OH is 1. The Balaban J connectivity index is -0.0000000412. The predicted octanol–water partition coefficient (Wildman–Crippen LogP) is 3.81. The zero-order valence-corrected chi connectivity index (χ0v) is 17.1. The van der Waals surface area contributed by atoms with E-state index < -0.39 is 0 Å². The molecule has 0 spiro atoms. The van der Waals surface area contributed by atoms with Crippen LogP contribution in [0.25, 0.3) is 16.0 Å². The SMILES string of the molecule is CCCCO.CC[N-]C.CC[N-]C.CC[N-]C.[Hf]. The third kappa shape index (κ3) is 126. The zero-order valence-electron chi connectivity index (χ0n) is 13.5. The van der Waals surface area contributed by atoms with Crippen LogP contribution in [0.4, 0.5) is 0 Å². The first-order chi connectivity index (χ1) is 8.16. The molecule has 0 aliphatic carbocycles. The minimum atomic E-state index is 0. The van der Waals surface area contributed by atoms with E-state index in [-0.39, 0.29) is 25.8 Å². The minimum Gasteiger partial charge on any atom is -0.665 e. The number of hydrogen-bond donors (Lipinski definition) is 1. The van der Waals surface area contributed by atoms with Gasteiger partial charge in [0.25, 0.3) is 0 Å². The van der Waals surface area contributed by atoms with Gasteiger partial charge in [-0.05, 0) is 6.42 Å². The van der Waals surface area contributed by atoms with Crippen molar-refractivity contribution in [3.63, 3.8) is 0 Å². The van der Waals surface area contributed by atoms with Crippen molar-refractivity contribution in [1.82, 2.24) is 0 Å². The smallest absolute Gasteiger partial charge is 0.0430 e. The van der Waals surface area contributed by atoms with Gasteiger partial charge in [-0.1, -0.05) is 34.1 Å². The summed E-state index contributed by atoms with van der Waals surface area (Å²) in [6.07, 6.45) is 2.04. The topological polar surface area (TPSA) is 62.5 Å². The summed E-state index contributed by atoms with van der Waals surface area (Å²) in [6.45, 7) is 11.3. The van der Waals surface area contributed by atoms with Crippen LogP contribution in [-0.2, 0) is 25.8 Å². The second-order valence-electron chi connectivity index (χ2n) is 2.97. The molecule has 0 saturated heterocycles. The van der Waals surface area contributed by atoms with E-state index >= 15 is 0 Å². The molecule has 0 radical (unpaired) electrons. The molecule has 4 nitrogen and oxygen atoms in total. The Kier molecular flexibility index (Phi) is 91.0. The second kappa shape index (κ2) is 52.4. The van der Waals surface area contributed by atoms with Gasteiger partial charge in [-0.3, -0.25) is 0 Å². The summed E-state index contributed by atoms with van der Waals surface area (Å²) in [7, 11) is 5.42. The zero-order chi connectivity index (χ0) is 14.4. The van der Waals surface area contributed by atoms with Gasteiger partial charge in [0.1, 0.15) is 0 Å². The van der Waals surface area contributed by atoms with Crippen molar-refractivity contribution in [3.05, 3.63) is 16.0 Å². The maximum Gasteiger partial charge on any atom is 0.0430 e. The maximum atomic E-state index is 8.07. The molecule has 5 heteroatoms. The Morgan fingerprint density at radius 3 is 0.944 bits per heavy atom. The van der Waals surface area contributed by atoms with Crippen LogP contribution in [0, 0.1) is 0 Å². The Bertz CT molecular complexity index is 61.7. The van der Waals surface area contributed by atoms with Crippen LogP contribution >= 0.6 is 0 Å². The van der Waals surface area contributed by atoms with E-state index in [1.54, 1.807) is 21.1 Å². The quantitative estimate of drug-likeness (QED) is 0.667. The van der Waals surface area contributed by atoms with E-state index in [1.807, 2.05) is 20.8 Å². The van der Waals surface area contributed by atoms with E-state index in [4.69, 9.17) is 5.11 Å². The van der Waals surface area contributed by atoms with Crippen molar-refractivity contribution in [2.24, 2.45) is 0 Å². The molecule has 0 aliphatic heterocycles. The van der Waals surface area contributed by atoms with Gasteiger partial charge in [-0.2, -0.15) is 40.8 Å². The van der Waals surface area contributed by atoms with Crippen molar-refractivity contribution in [1.29, 1.82) is 0 Å². The van der Waals surface area contributed by atoms with Crippen molar-refractivity contribution >= 4 is 0 Å². The van der Waals surface area contributed by atoms with Crippen LogP contribution in [0.5, 0.6) is 0 Å². The number of aliphatic hydroxyl groups is 1. The van der Waals surface area contributed by atoms with E-state index in [0.717, 1.165) is 32.5 Å². The monoisotopic (exact) mass is 428 g/mol. The van der Waals surface area contributed by atoms with Crippen molar-refractivity contribution in [2.75, 3.05) is 47.4 Å². The van der Waals surface area contributed by atoms with E-state index in [2.05, 4.69) is 22.9 Å². The predicted molar refractivity (Wildman–Crippen MR) is 81.5 cm³/mol. The normalized spacial score (nSPS) is 7.33. The van der Waals surface area contributed by atoms with Crippen molar-refractivity contribution in [2.45, 2.75) is 40.5 Å². The van der Waals surface area contributed by atoms with Gasteiger partial charge in [0.05, 0.1) is 0 Å². The molecule has 114 valence electrons. The molecule has 0 saturated carbocycles. The molecule has 0 aromatic carbocycles. The van der Waals surface area contributed by atoms with E-state index in [1.165, 1.54) is 0 Å². The van der Waals surface area contributed by atoms with Gasteiger partial charge < -0.3 is 21.1 Å². The molecule has 0 aromatic heterocycles. The van der Waals surface area contributed by atoms with Gasteiger partial charge in [0.15, 0.2) is 0 Å². The summed E-state index contributed by atoms with van der Waals surface area (Å²) in [5.41, 5.74) is 0. The van der Waals surface area contributed by atoms with Crippen LogP contribution in [0.1, 0.15) is 40.5 Å². The third-order valence-corrected chi connectivity index (χ3v) is 1.46. The molecule has 18 heavy (non-hydrogen) atoms. The van der Waals surface area contributed by atoms with Gasteiger partial charge in [0.2, 0.25) is 0 Å². The fraction of sp³-hybridized carbons (Fsp3) is 1.00. The van der Waals surface area contributed by atoms with Gasteiger partial charge >= 0.3 is 0 Å². The molecule has 0 aromatic rings. The summed E-state index contributed by atoms with van der Waals surface area (Å²) in [5.74, 6) is 0. The van der Waals surface area contributed by atoms with Gasteiger partial charge in [-0.25, -0.2) is 0 Å². The molecular formula is C13H34HfN3O-3. The first-order valence-corrected chi connectivity index (χ1v) is 6.43. The Morgan fingerprint density at radius 1 is 0.722 bits per heavy atom. The minimum absolute atomic E-state index is 0. The first kappa shape index (κ1) is 31.2. The van der Waals surface area contributed by atoms with Crippen LogP contribution < -0.4 is 0 Å². The first-order valence-electron chi connectivity index (χ1n) is 6.43. The average Bonchev–Trinajstić information content (AvgIpc) is 2.40. The Labute approximate surface area is 134 Å². The Hall–Kier alpha value is 0.710. The molecule has 0 aliphatic rings. The van der Waals surface area contributed by atoms with E-state index in [9.17, 15) is 0 Å². The fourth-order valence-electron chi connectivity index (χ4n) is 0.158. The molecule has 0 heterocycles. The molecule has 1 N–H and O–H groups in total. The summed E-state index contributed by atoms with van der Waals surface area (Å²) >= 11 is 0. The standard InChI is InChI=1S/C4H10O.3C3H8N.Hf/c1-2-3-4-5;3*1-3-4-2;/h5H,2-4H2,1H3;3*3H2,1-2H3;/q;3*-1;. The van der Waals surface area contributed by atoms with Crippen molar-refractivity contribution < 1.29 is 30.9 Å². The molecule has 0 bridgehead atoms. The number of unbranched alkanes of at least 4 members (excludes halogenated alkanes) is 1. The Morgan fingerprint density at radius 2 is 0.944 bits per heavy atom. The van der Waals surface area contributed by atoms with Gasteiger partial charge in [0, 0.05) is 32.5 Å². The molecule has 0 atom stereocenters. The van der Waals surface area contributed by atoms with Crippen LogP contribution in [0.3, 0.4) is 0 Å². The molecule has 0 fully saturated rings. The average molecular weight is 427 g/mol. The summed E-state index contributed by atoms with van der Waals surface area (Å²) in [5, 5.41) is 19.3.